The summed E-state index contributed by atoms with van der Waals surface area (Å²) in [5, 5.41) is 12.5. The summed E-state index contributed by atoms with van der Waals surface area (Å²) in [7, 11) is 0. The van der Waals surface area contributed by atoms with E-state index in [4.69, 9.17) is 0 Å². The Kier molecular flexibility index (Phi) is 6.89. The second-order valence-corrected chi connectivity index (χ2v) is 13.4. The van der Waals surface area contributed by atoms with Crippen molar-refractivity contribution in [1.82, 2.24) is 0 Å². The van der Waals surface area contributed by atoms with Crippen molar-refractivity contribution in [3.05, 3.63) is 200 Å². The molecule has 0 aliphatic heterocycles. The minimum Gasteiger partial charge on any atom is -0.310 e. The number of benzene rings is 10. The van der Waals surface area contributed by atoms with E-state index in [-0.39, 0.29) is 0 Å². The SMILES string of the molecule is c1cc(-c2ccc3cc(-c4cc5ccccc5c5ccccc45)ccc3c2)cc(N(c2ccc3ccccc3c2)c2ccc3ccccc3c2)c1. The Bertz CT molecular complexity index is 2860. The summed E-state index contributed by atoms with van der Waals surface area (Å²) in [4.78, 5) is 2.38. The molecule has 10 aromatic carbocycles. The van der Waals surface area contributed by atoms with Gasteiger partial charge in [-0.05, 0) is 131 Å². The van der Waals surface area contributed by atoms with Crippen LogP contribution in [0.4, 0.5) is 17.1 Å². The van der Waals surface area contributed by atoms with Crippen molar-refractivity contribution in [2.24, 2.45) is 0 Å². The molecule has 238 valence electrons. The Morgan fingerprint density at radius 2 is 0.706 bits per heavy atom. The van der Waals surface area contributed by atoms with E-state index in [2.05, 4.69) is 205 Å². The molecule has 0 heterocycles. The van der Waals surface area contributed by atoms with E-state index in [9.17, 15) is 0 Å². The molecule has 10 aromatic rings. The highest BCUT2D eigenvalue weighted by molar-refractivity contribution is 6.14. The zero-order chi connectivity index (χ0) is 33.7. The van der Waals surface area contributed by atoms with Crippen molar-refractivity contribution in [3.8, 4) is 22.3 Å². The molecular weight excluding hydrogens is 615 g/mol. The fraction of sp³-hybridized carbons (Fsp3) is 0. The number of fused-ring (bicyclic) bond motifs is 6. The second-order valence-electron chi connectivity index (χ2n) is 13.4. The monoisotopic (exact) mass is 647 g/mol. The molecule has 10 rings (SSSR count). The summed E-state index contributed by atoms with van der Waals surface area (Å²) < 4.78 is 0. The van der Waals surface area contributed by atoms with Gasteiger partial charge >= 0.3 is 0 Å². The van der Waals surface area contributed by atoms with Crippen LogP contribution in [0.2, 0.25) is 0 Å². The van der Waals surface area contributed by atoms with Gasteiger partial charge in [-0.2, -0.15) is 0 Å². The first-order valence-corrected chi connectivity index (χ1v) is 17.6. The molecule has 0 radical (unpaired) electrons. The third kappa shape index (κ3) is 5.19. The standard InChI is InChI=1S/C50H33N/c1-3-12-36-30-45(26-24-34(36)10-1)51(46-27-25-35-11-2-4-13-37(35)31-46)44-16-9-15-38(32-44)39-20-21-41-29-43(23-22-40(41)28-39)50-33-42-14-5-6-17-47(42)48-18-7-8-19-49(48)50/h1-33H. The van der Waals surface area contributed by atoms with Crippen molar-refractivity contribution in [2.45, 2.75) is 0 Å². The van der Waals surface area contributed by atoms with Crippen LogP contribution in [-0.2, 0) is 0 Å². The fourth-order valence-electron chi connectivity index (χ4n) is 7.79. The largest absolute Gasteiger partial charge is 0.310 e. The first-order chi connectivity index (χ1) is 25.2. The Morgan fingerprint density at radius 3 is 1.39 bits per heavy atom. The van der Waals surface area contributed by atoms with E-state index in [0.29, 0.717) is 0 Å². The first kappa shape index (κ1) is 29.2. The Hall–Kier alpha value is -6.70. The van der Waals surface area contributed by atoms with Crippen molar-refractivity contribution in [2.75, 3.05) is 4.90 Å². The van der Waals surface area contributed by atoms with E-state index in [1.54, 1.807) is 0 Å². The molecule has 0 saturated heterocycles. The van der Waals surface area contributed by atoms with Gasteiger partial charge in [-0.1, -0.05) is 146 Å². The van der Waals surface area contributed by atoms with Gasteiger partial charge in [0.25, 0.3) is 0 Å². The van der Waals surface area contributed by atoms with Crippen LogP contribution >= 0.6 is 0 Å². The number of rotatable bonds is 5. The maximum Gasteiger partial charge on any atom is 0.0468 e. The molecular formula is C50H33N. The third-order valence-electron chi connectivity index (χ3n) is 10.3. The molecule has 0 N–H and O–H groups in total. The predicted molar refractivity (Wildman–Crippen MR) is 220 cm³/mol. The molecule has 51 heavy (non-hydrogen) atoms. The molecule has 0 spiro atoms. The molecule has 0 amide bonds. The number of hydrogen-bond donors (Lipinski definition) is 0. The Morgan fingerprint density at radius 1 is 0.235 bits per heavy atom. The molecule has 0 aliphatic carbocycles. The zero-order valence-corrected chi connectivity index (χ0v) is 28.0. The molecule has 1 heteroatoms. The van der Waals surface area contributed by atoms with Gasteiger partial charge in [-0.25, -0.2) is 0 Å². The van der Waals surface area contributed by atoms with Crippen LogP contribution in [0.25, 0.3) is 76.1 Å². The van der Waals surface area contributed by atoms with Crippen molar-refractivity contribution >= 4 is 70.9 Å². The molecule has 0 fully saturated rings. The summed E-state index contributed by atoms with van der Waals surface area (Å²) in [6.45, 7) is 0. The van der Waals surface area contributed by atoms with Gasteiger partial charge < -0.3 is 4.90 Å². The second kappa shape index (κ2) is 12.0. The zero-order valence-electron chi connectivity index (χ0n) is 28.0. The van der Waals surface area contributed by atoms with Crippen molar-refractivity contribution < 1.29 is 0 Å². The number of anilines is 3. The lowest BCUT2D eigenvalue weighted by Gasteiger charge is -2.27. The van der Waals surface area contributed by atoms with Crippen LogP contribution in [-0.4, -0.2) is 0 Å². The fourth-order valence-corrected chi connectivity index (χ4v) is 7.79. The van der Waals surface area contributed by atoms with Gasteiger partial charge in [0.05, 0.1) is 0 Å². The molecule has 1 nitrogen and oxygen atoms in total. The van der Waals surface area contributed by atoms with Gasteiger partial charge in [-0.15, -0.1) is 0 Å². The maximum atomic E-state index is 2.38. The van der Waals surface area contributed by atoms with Crippen LogP contribution in [0.5, 0.6) is 0 Å². The predicted octanol–water partition coefficient (Wildman–Crippen LogP) is 14.3. The summed E-state index contributed by atoms with van der Waals surface area (Å²) >= 11 is 0. The molecule has 0 atom stereocenters. The van der Waals surface area contributed by atoms with Gasteiger partial charge in [0.15, 0.2) is 0 Å². The van der Waals surface area contributed by atoms with Crippen LogP contribution in [0.3, 0.4) is 0 Å². The maximum absolute atomic E-state index is 2.38. The third-order valence-corrected chi connectivity index (χ3v) is 10.3. The highest BCUT2D eigenvalue weighted by Crippen LogP contribution is 2.40. The topological polar surface area (TPSA) is 3.24 Å². The van der Waals surface area contributed by atoms with Gasteiger partial charge in [0.1, 0.15) is 0 Å². The van der Waals surface area contributed by atoms with Crippen LogP contribution in [0.15, 0.2) is 200 Å². The number of nitrogens with zero attached hydrogens (tertiary/aromatic N) is 1. The van der Waals surface area contributed by atoms with E-state index in [0.717, 1.165) is 17.1 Å². The van der Waals surface area contributed by atoms with Gasteiger partial charge in [0, 0.05) is 17.1 Å². The average molecular weight is 648 g/mol. The minimum absolute atomic E-state index is 1.12. The molecule has 0 unspecified atom stereocenters. The smallest absolute Gasteiger partial charge is 0.0468 e. The van der Waals surface area contributed by atoms with Crippen LogP contribution in [0, 0.1) is 0 Å². The van der Waals surface area contributed by atoms with E-state index >= 15 is 0 Å². The first-order valence-electron chi connectivity index (χ1n) is 17.6. The lowest BCUT2D eigenvalue weighted by molar-refractivity contribution is 1.29. The Balaban J connectivity index is 1.06. The normalized spacial score (nSPS) is 11.5. The van der Waals surface area contributed by atoms with Crippen molar-refractivity contribution in [3.63, 3.8) is 0 Å². The molecule has 0 saturated carbocycles. The molecule has 0 aliphatic rings. The quantitative estimate of drug-likeness (QED) is 0.168. The Labute approximate surface area is 297 Å². The van der Waals surface area contributed by atoms with E-state index < -0.39 is 0 Å². The lowest BCUT2D eigenvalue weighted by atomic mass is 9.92. The summed E-state index contributed by atoms with van der Waals surface area (Å²) in [6.07, 6.45) is 0. The highest BCUT2D eigenvalue weighted by atomic mass is 15.1. The van der Waals surface area contributed by atoms with Gasteiger partial charge in [-0.3, -0.25) is 0 Å². The minimum atomic E-state index is 1.12. The van der Waals surface area contributed by atoms with Gasteiger partial charge in [0.2, 0.25) is 0 Å². The number of hydrogen-bond acceptors (Lipinski definition) is 1. The van der Waals surface area contributed by atoms with Crippen molar-refractivity contribution in [1.29, 1.82) is 0 Å². The van der Waals surface area contributed by atoms with Crippen LogP contribution in [0.1, 0.15) is 0 Å². The highest BCUT2D eigenvalue weighted by Gasteiger charge is 2.15. The summed E-state index contributed by atoms with van der Waals surface area (Å²) in [5.41, 5.74) is 8.28. The summed E-state index contributed by atoms with van der Waals surface area (Å²) in [5.74, 6) is 0. The summed E-state index contributed by atoms with van der Waals surface area (Å²) in [6, 6.07) is 73.1. The molecule has 0 aromatic heterocycles. The molecule has 0 bridgehead atoms. The van der Waals surface area contributed by atoms with E-state index in [1.807, 2.05) is 0 Å². The van der Waals surface area contributed by atoms with E-state index in [1.165, 1.54) is 76.1 Å². The van der Waals surface area contributed by atoms with Crippen LogP contribution < -0.4 is 4.90 Å². The average Bonchev–Trinajstić information content (AvgIpc) is 3.20. The lowest BCUT2D eigenvalue weighted by Crippen LogP contribution is -2.10.